The highest BCUT2D eigenvalue weighted by Crippen LogP contribution is 2.29. The van der Waals surface area contributed by atoms with Crippen LogP contribution < -0.4 is 5.73 Å². The fraction of sp³-hybridized carbons (Fsp3) is 0.0667. The third kappa shape index (κ3) is 4.09. The van der Waals surface area contributed by atoms with Gasteiger partial charge in [-0.05, 0) is 35.9 Å². The van der Waals surface area contributed by atoms with Crippen LogP contribution in [0.3, 0.4) is 0 Å². The van der Waals surface area contributed by atoms with Gasteiger partial charge in [0.05, 0.1) is 5.56 Å². The van der Waals surface area contributed by atoms with E-state index in [0.717, 1.165) is 10.0 Å². The van der Waals surface area contributed by atoms with E-state index in [1.165, 1.54) is 11.8 Å². The van der Waals surface area contributed by atoms with Gasteiger partial charge in [-0.25, -0.2) is 4.79 Å². The van der Waals surface area contributed by atoms with Crippen LogP contribution in [0.5, 0.6) is 0 Å². The number of carboxylic acid groups (broad SMARTS) is 1. The molecule has 0 fully saturated rings. The van der Waals surface area contributed by atoms with E-state index < -0.39 is 11.9 Å². The third-order valence-electron chi connectivity index (χ3n) is 2.81. The number of aromatic carboxylic acids is 1. The first-order chi connectivity index (χ1) is 9.97. The van der Waals surface area contributed by atoms with Crippen LogP contribution in [0.15, 0.2) is 51.8 Å². The van der Waals surface area contributed by atoms with Gasteiger partial charge in [0.25, 0.3) is 0 Å². The highest BCUT2D eigenvalue weighted by atomic mass is 79.9. The van der Waals surface area contributed by atoms with Crippen LogP contribution in [0.2, 0.25) is 0 Å². The summed E-state index contributed by atoms with van der Waals surface area (Å²) in [4.78, 5) is 22.9. The van der Waals surface area contributed by atoms with Crippen LogP contribution in [0, 0.1) is 0 Å². The van der Waals surface area contributed by atoms with Gasteiger partial charge in [-0.15, -0.1) is 11.8 Å². The van der Waals surface area contributed by atoms with Gasteiger partial charge < -0.3 is 10.8 Å². The zero-order chi connectivity index (χ0) is 15.4. The van der Waals surface area contributed by atoms with E-state index in [4.69, 9.17) is 5.73 Å². The van der Waals surface area contributed by atoms with Crippen molar-refractivity contribution in [1.82, 2.24) is 0 Å². The molecule has 0 atom stereocenters. The smallest absolute Gasteiger partial charge is 0.336 e. The Morgan fingerprint density at radius 2 is 1.81 bits per heavy atom. The molecule has 0 aliphatic carbocycles. The number of rotatable bonds is 5. The molecule has 3 N–H and O–H groups in total. The molecule has 4 nitrogen and oxygen atoms in total. The molecule has 2 aromatic rings. The Balaban J connectivity index is 2.14. The van der Waals surface area contributed by atoms with Crippen LogP contribution in [0.25, 0.3) is 0 Å². The molecule has 0 unspecified atom stereocenters. The Hall–Kier alpha value is -1.79. The lowest BCUT2D eigenvalue weighted by Gasteiger charge is -2.07. The van der Waals surface area contributed by atoms with E-state index in [1.807, 2.05) is 12.1 Å². The quantitative estimate of drug-likeness (QED) is 0.794. The molecule has 0 saturated carbocycles. The Morgan fingerprint density at radius 3 is 2.38 bits per heavy atom. The van der Waals surface area contributed by atoms with Crippen LogP contribution >= 0.6 is 27.7 Å². The molecule has 0 heterocycles. The van der Waals surface area contributed by atoms with Crippen molar-refractivity contribution in [1.29, 1.82) is 0 Å². The number of benzene rings is 2. The van der Waals surface area contributed by atoms with Crippen molar-refractivity contribution in [3.63, 3.8) is 0 Å². The molecule has 0 aromatic heterocycles. The standard InChI is InChI=1S/C15H12BrNO3S/c16-11-5-6-12(15(19)20)13(7-11)21-8-9-1-3-10(4-2-9)14(17)18/h1-7H,8H2,(H2,17,18)(H,19,20). The SMILES string of the molecule is NC(=O)c1ccc(CSc2cc(Br)ccc2C(=O)O)cc1. The third-order valence-corrected chi connectivity index (χ3v) is 4.43. The number of carbonyl (C=O) groups excluding carboxylic acids is 1. The molecule has 2 rings (SSSR count). The second-order valence-electron chi connectivity index (χ2n) is 4.30. The minimum absolute atomic E-state index is 0.275. The van der Waals surface area contributed by atoms with E-state index in [0.29, 0.717) is 16.2 Å². The average Bonchev–Trinajstić information content (AvgIpc) is 2.45. The van der Waals surface area contributed by atoms with Crippen molar-refractivity contribution >= 4 is 39.6 Å². The predicted molar refractivity (Wildman–Crippen MR) is 85.6 cm³/mol. The number of carboxylic acids is 1. The van der Waals surface area contributed by atoms with Gasteiger partial charge in [0.2, 0.25) is 5.91 Å². The summed E-state index contributed by atoms with van der Waals surface area (Å²) in [5.41, 5.74) is 6.90. The number of primary amides is 1. The Bertz CT molecular complexity index is 686. The van der Waals surface area contributed by atoms with Crippen LogP contribution in [0.4, 0.5) is 0 Å². The van der Waals surface area contributed by atoms with Crippen molar-refractivity contribution in [3.05, 3.63) is 63.6 Å². The lowest BCUT2D eigenvalue weighted by molar-refractivity contribution is 0.0693. The molecule has 1 amide bonds. The first-order valence-corrected chi connectivity index (χ1v) is 7.79. The second kappa shape index (κ2) is 6.78. The number of nitrogens with two attached hydrogens (primary N) is 1. The van der Waals surface area contributed by atoms with Crippen LogP contribution in [-0.2, 0) is 5.75 Å². The molecular weight excluding hydrogens is 354 g/mol. The van der Waals surface area contributed by atoms with Gasteiger partial charge in [0.1, 0.15) is 0 Å². The van der Waals surface area contributed by atoms with Gasteiger partial charge in [0.15, 0.2) is 0 Å². The number of carbonyl (C=O) groups is 2. The maximum Gasteiger partial charge on any atom is 0.336 e. The molecule has 108 valence electrons. The average molecular weight is 366 g/mol. The van der Waals surface area contributed by atoms with Gasteiger partial charge >= 0.3 is 5.97 Å². The van der Waals surface area contributed by atoms with Gasteiger partial charge in [-0.2, -0.15) is 0 Å². The summed E-state index contributed by atoms with van der Waals surface area (Å²) >= 11 is 4.77. The molecular formula is C15H12BrNO3S. The molecule has 2 aromatic carbocycles. The maximum atomic E-state index is 11.2. The van der Waals surface area contributed by atoms with Crippen molar-refractivity contribution in [2.24, 2.45) is 5.73 Å². The zero-order valence-electron chi connectivity index (χ0n) is 10.9. The fourth-order valence-corrected chi connectivity index (χ4v) is 3.27. The number of amides is 1. The summed E-state index contributed by atoms with van der Waals surface area (Å²) in [5.74, 6) is -0.807. The molecule has 6 heteroatoms. The largest absolute Gasteiger partial charge is 0.478 e. The minimum atomic E-state index is -0.950. The molecule has 21 heavy (non-hydrogen) atoms. The monoisotopic (exact) mass is 365 g/mol. The van der Waals surface area contributed by atoms with Gasteiger partial charge in [-0.1, -0.05) is 28.1 Å². The topological polar surface area (TPSA) is 80.4 Å². The molecule has 0 spiro atoms. The normalized spacial score (nSPS) is 10.3. The van der Waals surface area contributed by atoms with Crippen molar-refractivity contribution in [2.45, 2.75) is 10.6 Å². The Morgan fingerprint density at radius 1 is 1.14 bits per heavy atom. The summed E-state index contributed by atoms with van der Waals surface area (Å²) in [6, 6.07) is 12.0. The van der Waals surface area contributed by atoms with Gasteiger partial charge in [-0.3, -0.25) is 4.79 Å². The van der Waals surface area contributed by atoms with E-state index in [-0.39, 0.29) is 5.56 Å². The zero-order valence-corrected chi connectivity index (χ0v) is 13.3. The molecule has 0 bridgehead atoms. The van der Waals surface area contributed by atoms with E-state index in [9.17, 15) is 14.7 Å². The maximum absolute atomic E-state index is 11.2. The molecule has 0 aliphatic rings. The van der Waals surface area contributed by atoms with E-state index >= 15 is 0 Å². The summed E-state index contributed by atoms with van der Waals surface area (Å²) in [6.07, 6.45) is 0. The highest BCUT2D eigenvalue weighted by Gasteiger charge is 2.11. The lowest BCUT2D eigenvalue weighted by atomic mass is 10.1. The molecule has 0 aliphatic heterocycles. The second-order valence-corrected chi connectivity index (χ2v) is 6.23. The number of halogens is 1. The fourth-order valence-electron chi connectivity index (χ4n) is 1.72. The lowest BCUT2D eigenvalue weighted by Crippen LogP contribution is -2.10. The number of hydrogen-bond donors (Lipinski definition) is 2. The summed E-state index contributed by atoms with van der Waals surface area (Å²) < 4.78 is 0.832. The Kier molecular flexibility index (Phi) is 5.03. The number of thioether (sulfide) groups is 1. The Labute approximate surface area is 134 Å². The molecule has 0 radical (unpaired) electrons. The van der Waals surface area contributed by atoms with Gasteiger partial charge in [0, 0.05) is 20.7 Å². The summed E-state index contributed by atoms with van der Waals surface area (Å²) in [7, 11) is 0. The summed E-state index contributed by atoms with van der Waals surface area (Å²) in [5, 5.41) is 9.17. The number of hydrogen-bond acceptors (Lipinski definition) is 3. The van der Waals surface area contributed by atoms with E-state index in [1.54, 1.807) is 30.3 Å². The van der Waals surface area contributed by atoms with Crippen LogP contribution in [-0.4, -0.2) is 17.0 Å². The highest BCUT2D eigenvalue weighted by molar-refractivity contribution is 9.10. The van der Waals surface area contributed by atoms with E-state index in [2.05, 4.69) is 15.9 Å². The van der Waals surface area contributed by atoms with Crippen molar-refractivity contribution in [3.8, 4) is 0 Å². The van der Waals surface area contributed by atoms with Crippen LogP contribution in [0.1, 0.15) is 26.3 Å². The summed E-state index contributed by atoms with van der Waals surface area (Å²) in [6.45, 7) is 0. The predicted octanol–water partition coefficient (Wildman–Crippen LogP) is 3.54. The minimum Gasteiger partial charge on any atom is -0.478 e. The van der Waals surface area contributed by atoms with Crippen molar-refractivity contribution < 1.29 is 14.7 Å². The van der Waals surface area contributed by atoms with Crippen molar-refractivity contribution in [2.75, 3.05) is 0 Å². The molecule has 0 saturated heterocycles. The first kappa shape index (κ1) is 15.6. The first-order valence-electron chi connectivity index (χ1n) is 6.02.